The van der Waals surface area contributed by atoms with E-state index < -0.39 is 35.9 Å². The van der Waals surface area contributed by atoms with Crippen LogP contribution in [-0.4, -0.2) is 18.5 Å². The zero-order chi connectivity index (χ0) is 17.7. The first-order valence-corrected chi connectivity index (χ1v) is 7.04. The van der Waals surface area contributed by atoms with Gasteiger partial charge in [-0.25, -0.2) is 4.79 Å². The van der Waals surface area contributed by atoms with Crippen LogP contribution in [0, 0.1) is 0 Å². The van der Waals surface area contributed by atoms with Crippen LogP contribution in [0.25, 0.3) is 0 Å². The molecule has 8 heteroatoms. The van der Waals surface area contributed by atoms with E-state index in [4.69, 9.17) is 16.3 Å². The number of carbonyl (C=O) groups excluding carboxylic acids is 2. The summed E-state index contributed by atoms with van der Waals surface area (Å²) in [5, 5.41) is 1.75. The third-order valence-electron chi connectivity index (χ3n) is 2.93. The lowest BCUT2D eigenvalue weighted by atomic mass is 10.1. The Morgan fingerprint density at radius 3 is 2.33 bits per heavy atom. The molecule has 0 radical (unpaired) electrons. The smallest absolute Gasteiger partial charge is 0.418 e. The Morgan fingerprint density at radius 2 is 1.71 bits per heavy atom. The molecule has 0 atom stereocenters. The fraction of sp³-hybridized carbons (Fsp3) is 0.125. The number of alkyl halides is 3. The normalized spacial score (nSPS) is 11.0. The van der Waals surface area contributed by atoms with Gasteiger partial charge in [0.05, 0.1) is 21.8 Å². The first-order chi connectivity index (χ1) is 11.3. The minimum Gasteiger partial charge on any atom is -0.452 e. The molecule has 0 heterocycles. The molecule has 24 heavy (non-hydrogen) atoms. The summed E-state index contributed by atoms with van der Waals surface area (Å²) in [6, 6.07) is 11.0. The molecule has 126 valence electrons. The predicted molar refractivity (Wildman–Crippen MR) is 81.8 cm³/mol. The first-order valence-electron chi connectivity index (χ1n) is 6.67. The average molecular weight is 358 g/mol. The average Bonchev–Trinajstić information content (AvgIpc) is 2.54. The number of halogens is 4. The van der Waals surface area contributed by atoms with Gasteiger partial charge in [0.25, 0.3) is 5.91 Å². The number of para-hydroxylation sites is 1. The van der Waals surface area contributed by atoms with E-state index in [0.717, 1.165) is 12.1 Å². The summed E-state index contributed by atoms with van der Waals surface area (Å²) in [5.41, 5.74) is -1.44. The lowest BCUT2D eigenvalue weighted by Gasteiger charge is -2.15. The number of rotatable bonds is 4. The molecule has 0 fully saturated rings. The Hall–Kier alpha value is -2.54. The van der Waals surface area contributed by atoms with Crippen LogP contribution in [0.3, 0.4) is 0 Å². The Balaban J connectivity index is 2.04. The van der Waals surface area contributed by atoms with E-state index in [-0.39, 0.29) is 10.6 Å². The SMILES string of the molecule is O=C(COC(=O)c1ccccc1)Nc1c(Cl)cccc1C(F)(F)F. The van der Waals surface area contributed by atoms with E-state index in [1.807, 2.05) is 5.32 Å². The molecule has 0 spiro atoms. The highest BCUT2D eigenvalue weighted by Gasteiger charge is 2.34. The molecule has 0 saturated carbocycles. The van der Waals surface area contributed by atoms with Crippen LogP contribution >= 0.6 is 11.6 Å². The van der Waals surface area contributed by atoms with Gasteiger partial charge in [-0.3, -0.25) is 4.79 Å². The number of ether oxygens (including phenoxy) is 1. The molecule has 2 aromatic carbocycles. The standard InChI is InChI=1S/C16H11ClF3NO3/c17-12-8-4-7-11(16(18,19)20)14(12)21-13(22)9-24-15(23)10-5-2-1-3-6-10/h1-8H,9H2,(H,21,22). The predicted octanol–water partition coefficient (Wildman–Crippen LogP) is 4.15. The number of nitrogens with one attached hydrogen (secondary N) is 1. The van der Waals surface area contributed by atoms with Crippen molar-refractivity contribution in [1.82, 2.24) is 0 Å². The van der Waals surface area contributed by atoms with E-state index in [1.54, 1.807) is 18.2 Å². The van der Waals surface area contributed by atoms with E-state index in [9.17, 15) is 22.8 Å². The molecule has 1 amide bonds. The van der Waals surface area contributed by atoms with Crippen LogP contribution < -0.4 is 5.32 Å². The fourth-order valence-corrected chi connectivity index (χ4v) is 2.07. The molecule has 0 aliphatic carbocycles. The van der Waals surface area contributed by atoms with Gasteiger partial charge in [0.2, 0.25) is 0 Å². The summed E-state index contributed by atoms with van der Waals surface area (Å²) in [6.45, 7) is -0.740. The maximum Gasteiger partial charge on any atom is 0.418 e. The highest BCUT2D eigenvalue weighted by molar-refractivity contribution is 6.34. The summed E-state index contributed by atoms with van der Waals surface area (Å²) in [5.74, 6) is -1.70. The highest BCUT2D eigenvalue weighted by atomic mass is 35.5. The lowest BCUT2D eigenvalue weighted by molar-refractivity contribution is -0.137. The Morgan fingerprint density at radius 1 is 1.04 bits per heavy atom. The molecule has 0 bridgehead atoms. The molecule has 0 aliphatic rings. The van der Waals surface area contributed by atoms with Crippen molar-refractivity contribution in [1.29, 1.82) is 0 Å². The third kappa shape index (κ3) is 4.48. The van der Waals surface area contributed by atoms with Crippen molar-refractivity contribution in [3.05, 3.63) is 64.7 Å². The number of benzene rings is 2. The maximum absolute atomic E-state index is 12.9. The van der Waals surface area contributed by atoms with Crippen LogP contribution in [0.4, 0.5) is 18.9 Å². The van der Waals surface area contributed by atoms with E-state index >= 15 is 0 Å². The van der Waals surface area contributed by atoms with Gasteiger partial charge in [0.1, 0.15) is 0 Å². The van der Waals surface area contributed by atoms with Crippen LogP contribution in [0.5, 0.6) is 0 Å². The number of amides is 1. The largest absolute Gasteiger partial charge is 0.452 e. The molecule has 1 N–H and O–H groups in total. The Kier molecular flexibility index (Phi) is 5.46. The topological polar surface area (TPSA) is 55.4 Å². The molecule has 0 unspecified atom stereocenters. The molecule has 0 saturated heterocycles. The molecule has 2 rings (SSSR count). The van der Waals surface area contributed by atoms with Gasteiger partial charge in [-0.15, -0.1) is 0 Å². The molecular formula is C16H11ClF3NO3. The summed E-state index contributed by atoms with van der Waals surface area (Å²) < 4.78 is 43.5. The van der Waals surface area contributed by atoms with Gasteiger partial charge in [-0.05, 0) is 24.3 Å². The zero-order valence-electron chi connectivity index (χ0n) is 12.1. The van der Waals surface area contributed by atoms with Crippen LogP contribution in [0.2, 0.25) is 5.02 Å². The summed E-state index contributed by atoms with van der Waals surface area (Å²) in [4.78, 5) is 23.5. The third-order valence-corrected chi connectivity index (χ3v) is 3.24. The maximum atomic E-state index is 12.9. The minimum atomic E-state index is -4.69. The van der Waals surface area contributed by atoms with Crippen molar-refractivity contribution in [2.24, 2.45) is 0 Å². The van der Waals surface area contributed by atoms with Gasteiger partial charge in [-0.2, -0.15) is 13.2 Å². The van der Waals surface area contributed by atoms with Crippen molar-refractivity contribution in [2.75, 3.05) is 11.9 Å². The Labute approximate surface area is 140 Å². The van der Waals surface area contributed by atoms with Gasteiger partial charge < -0.3 is 10.1 Å². The monoisotopic (exact) mass is 357 g/mol. The highest BCUT2D eigenvalue weighted by Crippen LogP contribution is 2.38. The van der Waals surface area contributed by atoms with Crippen LogP contribution in [-0.2, 0) is 15.7 Å². The fourth-order valence-electron chi connectivity index (χ4n) is 1.85. The van der Waals surface area contributed by atoms with Gasteiger partial charge in [0, 0.05) is 0 Å². The minimum absolute atomic E-state index is 0.221. The number of carbonyl (C=O) groups is 2. The van der Waals surface area contributed by atoms with Crippen molar-refractivity contribution < 1.29 is 27.5 Å². The van der Waals surface area contributed by atoms with E-state index in [1.165, 1.54) is 18.2 Å². The summed E-state index contributed by atoms with van der Waals surface area (Å²) >= 11 is 5.72. The van der Waals surface area contributed by atoms with Gasteiger partial charge >= 0.3 is 12.1 Å². The van der Waals surface area contributed by atoms with Crippen molar-refractivity contribution in [3.63, 3.8) is 0 Å². The second-order valence-corrected chi connectivity index (χ2v) is 5.06. The molecular weight excluding hydrogens is 347 g/mol. The summed E-state index contributed by atoms with van der Waals surface area (Å²) in [7, 11) is 0. The number of esters is 1. The zero-order valence-corrected chi connectivity index (χ0v) is 12.8. The van der Waals surface area contributed by atoms with Crippen molar-refractivity contribution in [2.45, 2.75) is 6.18 Å². The molecule has 2 aromatic rings. The quantitative estimate of drug-likeness (QED) is 0.836. The van der Waals surface area contributed by atoms with Crippen LogP contribution in [0.1, 0.15) is 15.9 Å². The van der Waals surface area contributed by atoms with Crippen molar-refractivity contribution in [3.8, 4) is 0 Å². The molecule has 0 aliphatic heterocycles. The van der Waals surface area contributed by atoms with Crippen molar-refractivity contribution >= 4 is 29.2 Å². The number of hydrogen-bond acceptors (Lipinski definition) is 3. The number of anilines is 1. The summed E-state index contributed by atoms with van der Waals surface area (Å²) in [6.07, 6.45) is -4.69. The second-order valence-electron chi connectivity index (χ2n) is 4.65. The first kappa shape index (κ1) is 17.8. The van der Waals surface area contributed by atoms with E-state index in [0.29, 0.717) is 0 Å². The van der Waals surface area contributed by atoms with Gasteiger partial charge in [0.15, 0.2) is 6.61 Å². The number of hydrogen-bond donors (Lipinski definition) is 1. The van der Waals surface area contributed by atoms with Gasteiger partial charge in [-0.1, -0.05) is 35.9 Å². The molecule has 4 nitrogen and oxygen atoms in total. The Bertz CT molecular complexity index is 748. The molecule has 0 aromatic heterocycles. The van der Waals surface area contributed by atoms with Crippen LogP contribution in [0.15, 0.2) is 48.5 Å². The van der Waals surface area contributed by atoms with E-state index in [2.05, 4.69) is 0 Å². The second kappa shape index (κ2) is 7.35. The lowest BCUT2D eigenvalue weighted by Crippen LogP contribution is -2.23.